The summed E-state index contributed by atoms with van der Waals surface area (Å²) in [7, 11) is 1.61. The molecule has 2 heterocycles. The fraction of sp³-hybridized carbons (Fsp3) is 0.200. The van der Waals surface area contributed by atoms with E-state index in [9.17, 15) is 4.79 Å². The minimum atomic E-state index is -0.369. The van der Waals surface area contributed by atoms with Crippen molar-refractivity contribution in [2.45, 2.75) is 20.5 Å². The van der Waals surface area contributed by atoms with Crippen molar-refractivity contribution in [2.24, 2.45) is 0 Å². The van der Waals surface area contributed by atoms with Gasteiger partial charge in [0, 0.05) is 18.0 Å². The van der Waals surface area contributed by atoms with Crippen LogP contribution in [0, 0.1) is 13.8 Å². The van der Waals surface area contributed by atoms with Crippen molar-refractivity contribution in [1.29, 1.82) is 0 Å². The molecule has 0 saturated carbocycles. The first-order chi connectivity index (χ1) is 12.9. The molecule has 2 aromatic heterocycles. The van der Waals surface area contributed by atoms with E-state index in [-0.39, 0.29) is 17.2 Å². The Morgan fingerprint density at radius 3 is 2.48 bits per heavy atom. The molecule has 140 valence electrons. The van der Waals surface area contributed by atoms with Gasteiger partial charge in [-0.1, -0.05) is 35.3 Å². The lowest BCUT2D eigenvalue weighted by molar-refractivity contribution is 0.305. The highest BCUT2D eigenvalue weighted by Gasteiger charge is 2.16. The molecule has 0 bridgehead atoms. The van der Waals surface area contributed by atoms with E-state index in [1.165, 1.54) is 4.57 Å². The van der Waals surface area contributed by atoms with Gasteiger partial charge in [-0.2, -0.15) is 0 Å². The monoisotopic (exact) mass is 404 g/mol. The molecular formula is C20H18Cl2N2O3. The molecule has 7 heteroatoms. The predicted octanol–water partition coefficient (Wildman–Crippen LogP) is 4.74. The summed E-state index contributed by atoms with van der Waals surface area (Å²) in [5.74, 6) is 1.10. The van der Waals surface area contributed by atoms with E-state index in [2.05, 4.69) is 4.98 Å². The summed E-state index contributed by atoms with van der Waals surface area (Å²) in [6, 6.07) is 10.9. The number of ether oxygens (including phenoxy) is 2. The summed E-state index contributed by atoms with van der Waals surface area (Å²) in [5.41, 5.74) is 2.70. The van der Waals surface area contributed by atoms with Gasteiger partial charge in [0.15, 0.2) is 0 Å². The number of benzene rings is 1. The highest BCUT2D eigenvalue weighted by atomic mass is 35.5. The van der Waals surface area contributed by atoms with Crippen LogP contribution in [-0.2, 0) is 6.61 Å². The minimum absolute atomic E-state index is 0.0152. The number of hydrogen-bond acceptors (Lipinski definition) is 4. The lowest BCUT2D eigenvalue weighted by atomic mass is 10.2. The van der Waals surface area contributed by atoms with Crippen LogP contribution in [0.1, 0.15) is 16.8 Å². The van der Waals surface area contributed by atoms with Crippen molar-refractivity contribution in [3.8, 4) is 17.2 Å². The molecule has 0 N–H and O–H groups in total. The first-order valence-electron chi connectivity index (χ1n) is 8.21. The van der Waals surface area contributed by atoms with E-state index in [1.54, 1.807) is 25.4 Å². The predicted molar refractivity (Wildman–Crippen MR) is 107 cm³/mol. The maximum atomic E-state index is 12.8. The lowest BCUT2D eigenvalue weighted by Gasteiger charge is -2.16. The third-order valence-electron chi connectivity index (χ3n) is 4.14. The van der Waals surface area contributed by atoms with Crippen LogP contribution >= 0.6 is 23.2 Å². The molecule has 5 nitrogen and oxygen atoms in total. The zero-order chi connectivity index (χ0) is 19.6. The highest BCUT2D eigenvalue weighted by Crippen LogP contribution is 2.26. The summed E-state index contributed by atoms with van der Waals surface area (Å²) >= 11 is 12.3. The smallest absolute Gasteiger partial charge is 0.277 e. The van der Waals surface area contributed by atoms with Crippen LogP contribution in [0.4, 0.5) is 0 Å². The number of methoxy groups -OCH3 is 1. The Hall–Kier alpha value is -2.50. The molecule has 0 aliphatic rings. The highest BCUT2D eigenvalue weighted by molar-refractivity contribution is 6.32. The van der Waals surface area contributed by atoms with Gasteiger partial charge in [0.05, 0.1) is 12.8 Å². The largest absolute Gasteiger partial charge is 0.497 e. The molecule has 0 atom stereocenters. The van der Waals surface area contributed by atoms with Gasteiger partial charge in [-0.05, 0) is 43.2 Å². The molecule has 3 aromatic rings. The molecule has 0 unspecified atom stereocenters. The second kappa shape index (κ2) is 8.03. The average molecular weight is 405 g/mol. The topological polar surface area (TPSA) is 53.4 Å². The summed E-state index contributed by atoms with van der Waals surface area (Å²) in [6.07, 6.45) is 1.62. The van der Waals surface area contributed by atoms with Crippen LogP contribution in [0.25, 0.3) is 5.69 Å². The number of aryl methyl sites for hydroxylation is 2. The van der Waals surface area contributed by atoms with E-state index < -0.39 is 0 Å². The minimum Gasteiger partial charge on any atom is -0.497 e. The maximum absolute atomic E-state index is 12.8. The molecular weight excluding hydrogens is 387 g/mol. The summed E-state index contributed by atoms with van der Waals surface area (Å²) in [6.45, 7) is 3.95. The van der Waals surface area contributed by atoms with Crippen LogP contribution in [0.2, 0.25) is 10.2 Å². The van der Waals surface area contributed by atoms with E-state index >= 15 is 0 Å². The number of hydrogen-bond donors (Lipinski definition) is 0. The fourth-order valence-electron chi connectivity index (χ4n) is 2.70. The van der Waals surface area contributed by atoms with Crippen molar-refractivity contribution in [1.82, 2.24) is 9.55 Å². The molecule has 1 aromatic carbocycles. The van der Waals surface area contributed by atoms with Crippen LogP contribution in [-0.4, -0.2) is 16.7 Å². The maximum Gasteiger partial charge on any atom is 0.277 e. The Labute approximate surface area is 167 Å². The second-order valence-electron chi connectivity index (χ2n) is 6.03. The first kappa shape index (κ1) is 19.3. The Balaban J connectivity index is 1.92. The van der Waals surface area contributed by atoms with E-state index in [0.29, 0.717) is 22.3 Å². The van der Waals surface area contributed by atoms with Gasteiger partial charge in [-0.25, -0.2) is 4.98 Å². The molecule has 0 amide bonds. The van der Waals surface area contributed by atoms with Crippen molar-refractivity contribution in [2.75, 3.05) is 7.11 Å². The Bertz CT molecular complexity index is 1030. The second-order valence-corrected chi connectivity index (χ2v) is 6.80. The number of halogens is 2. The van der Waals surface area contributed by atoms with Crippen LogP contribution in [0.5, 0.6) is 11.5 Å². The SMILES string of the molecule is COc1ccc(COc2cc(C)n(-c3cc(Cl)ncc3C)c(=O)c2Cl)cc1. The van der Waals surface area contributed by atoms with Crippen molar-refractivity contribution in [3.05, 3.63) is 79.9 Å². The third kappa shape index (κ3) is 4.10. The van der Waals surface area contributed by atoms with Gasteiger partial charge in [0.1, 0.15) is 28.3 Å². The zero-order valence-corrected chi connectivity index (χ0v) is 16.6. The van der Waals surface area contributed by atoms with E-state index in [1.807, 2.05) is 38.1 Å². The molecule has 0 aliphatic heterocycles. The van der Waals surface area contributed by atoms with Gasteiger partial charge in [0.2, 0.25) is 0 Å². The van der Waals surface area contributed by atoms with Gasteiger partial charge >= 0.3 is 0 Å². The van der Waals surface area contributed by atoms with Gasteiger partial charge in [0.25, 0.3) is 5.56 Å². The molecule has 0 fully saturated rings. The molecule has 0 saturated heterocycles. The molecule has 0 radical (unpaired) electrons. The number of pyridine rings is 2. The van der Waals surface area contributed by atoms with Gasteiger partial charge < -0.3 is 9.47 Å². The Kier molecular flexibility index (Phi) is 5.73. The van der Waals surface area contributed by atoms with Crippen LogP contribution in [0.15, 0.2) is 47.4 Å². The lowest BCUT2D eigenvalue weighted by Crippen LogP contribution is -2.22. The fourth-order valence-corrected chi connectivity index (χ4v) is 3.04. The summed E-state index contributed by atoms with van der Waals surface area (Å²) in [5, 5.41) is 0.319. The molecule has 3 rings (SSSR count). The summed E-state index contributed by atoms with van der Waals surface area (Å²) in [4.78, 5) is 16.9. The Morgan fingerprint density at radius 1 is 1.11 bits per heavy atom. The van der Waals surface area contributed by atoms with Gasteiger partial charge in [-0.3, -0.25) is 9.36 Å². The number of aromatic nitrogens is 2. The van der Waals surface area contributed by atoms with Gasteiger partial charge in [-0.15, -0.1) is 0 Å². The first-order valence-corrected chi connectivity index (χ1v) is 8.96. The van der Waals surface area contributed by atoms with Crippen molar-refractivity contribution < 1.29 is 9.47 Å². The standard InChI is InChI=1S/C20H18Cl2N2O3/c1-12-10-23-18(21)9-16(12)24-13(2)8-17(19(22)20(24)25)27-11-14-4-6-15(26-3)7-5-14/h4-10H,11H2,1-3H3. The van der Waals surface area contributed by atoms with E-state index in [0.717, 1.165) is 16.9 Å². The van der Waals surface area contributed by atoms with Crippen molar-refractivity contribution >= 4 is 23.2 Å². The third-order valence-corrected chi connectivity index (χ3v) is 4.69. The average Bonchev–Trinajstić information content (AvgIpc) is 2.66. The summed E-state index contributed by atoms with van der Waals surface area (Å²) < 4.78 is 12.4. The van der Waals surface area contributed by atoms with Crippen LogP contribution < -0.4 is 15.0 Å². The van der Waals surface area contributed by atoms with Crippen LogP contribution in [0.3, 0.4) is 0 Å². The Morgan fingerprint density at radius 2 is 1.81 bits per heavy atom. The van der Waals surface area contributed by atoms with Crippen molar-refractivity contribution in [3.63, 3.8) is 0 Å². The van der Waals surface area contributed by atoms with E-state index in [4.69, 9.17) is 32.7 Å². The molecule has 0 spiro atoms. The molecule has 0 aliphatic carbocycles. The number of rotatable bonds is 5. The quantitative estimate of drug-likeness (QED) is 0.576. The molecule has 27 heavy (non-hydrogen) atoms. The zero-order valence-electron chi connectivity index (χ0n) is 15.1. The number of nitrogens with zero attached hydrogens (tertiary/aromatic N) is 2. The normalized spacial score (nSPS) is 10.7.